The maximum Gasteiger partial charge on any atom is 0.490 e. The van der Waals surface area contributed by atoms with Crippen LogP contribution in [0.2, 0.25) is 0 Å². The van der Waals surface area contributed by atoms with Crippen molar-refractivity contribution in [1.82, 2.24) is 19.7 Å². The van der Waals surface area contributed by atoms with Gasteiger partial charge in [0.2, 0.25) is 0 Å². The summed E-state index contributed by atoms with van der Waals surface area (Å²) in [4.78, 5) is 24.4. The Morgan fingerprint density at radius 2 is 1.71 bits per heavy atom. The van der Waals surface area contributed by atoms with E-state index >= 15 is 0 Å². The van der Waals surface area contributed by atoms with Crippen LogP contribution in [0.25, 0.3) is 0 Å². The van der Waals surface area contributed by atoms with Gasteiger partial charge in [0.05, 0.1) is 12.3 Å². The molecule has 2 aromatic rings. The number of ether oxygens (including phenoxy) is 1. The van der Waals surface area contributed by atoms with Crippen LogP contribution in [0, 0.1) is 0 Å². The minimum atomic E-state index is -5.08. The molecule has 0 aliphatic carbocycles. The Bertz CT molecular complexity index is 926. The highest BCUT2D eigenvalue weighted by molar-refractivity contribution is 5.73. The first-order valence-corrected chi connectivity index (χ1v) is 9.96. The number of carbonyl (C=O) groups is 2. The molecule has 1 aliphatic heterocycles. The highest BCUT2D eigenvalue weighted by Crippen LogP contribution is 2.28. The number of halogens is 6. The predicted molar refractivity (Wildman–Crippen MR) is 108 cm³/mol. The first-order valence-electron chi connectivity index (χ1n) is 9.96. The van der Waals surface area contributed by atoms with Crippen LogP contribution in [-0.4, -0.2) is 73.9 Å². The molecule has 1 aliphatic rings. The fourth-order valence-electron chi connectivity index (χ4n) is 2.98. The molecule has 35 heavy (non-hydrogen) atoms. The van der Waals surface area contributed by atoms with Gasteiger partial charge in [0.1, 0.15) is 0 Å². The number of fused-ring (bicyclic) bond motifs is 1. The molecule has 9 nitrogen and oxygen atoms in total. The lowest BCUT2D eigenvalue weighted by molar-refractivity contribution is -0.193. The van der Waals surface area contributed by atoms with Crippen molar-refractivity contribution < 1.29 is 50.9 Å². The maximum atomic E-state index is 10.6. The summed E-state index contributed by atoms with van der Waals surface area (Å²) in [5, 5.41) is 18.9. The smallest absolute Gasteiger partial charge is 0.475 e. The average molecular weight is 514 g/mol. The summed E-state index contributed by atoms with van der Waals surface area (Å²) in [7, 11) is 1.99. The van der Waals surface area contributed by atoms with Crippen LogP contribution in [0.15, 0.2) is 30.7 Å². The number of hydrogen-bond donors (Lipinski definition) is 2. The molecule has 0 fully saturated rings. The van der Waals surface area contributed by atoms with Gasteiger partial charge in [-0.3, -0.25) is 14.6 Å². The van der Waals surface area contributed by atoms with Gasteiger partial charge >= 0.3 is 24.3 Å². The summed E-state index contributed by atoms with van der Waals surface area (Å²) in [5.41, 5.74) is 3.76. The molecule has 3 heterocycles. The number of alkyl halides is 6. The number of carboxylic acid groups (broad SMARTS) is 2. The molecule has 3 rings (SSSR count). The van der Waals surface area contributed by atoms with E-state index in [1.165, 1.54) is 16.8 Å². The number of nitrogens with zero attached hydrogens (tertiary/aromatic N) is 4. The van der Waals surface area contributed by atoms with Crippen molar-refractivity contribution in [3.05, 3.63) is 47.5 Å². The maximum absolute atomic E-state index is 10.6. The van der Waals surface area contributed by atoms with Gasteiger partial charge in [-0.25, -0.2) is 9.59 Å². The van der Waals surface area contributed by atoms with Crippen molar-refractivity contribution >= 4 is 11.9 Å². The third kappa shape index (κ3) is 10.7. The van der Waals surface area contributed by atoms with E-state index in [4.69, 9.17) is 24.5 Å². The van der Waals surface area contributed by atoms with E-state index in [2.05, 4.69) is 27.2 Å². The van der Waals surface area contributed by atoms with E-state index < -0.39 is 24.3 Å². The van der Waals surface area contributed by atoms with E-state index in [1.807, 2.05) is 37.1 Å². The first-order chi connectivity index (χ1) is 16.1. The third-order valence-corrected chi connectivity index (χ3v) is 4.37. The van der Waals surface area contributed by atoms with Gasteiger partial charge in [-0.1, -0.05) is 6.07 Å². The Kier molecular flexibility index (Phi) is 11.1. The predicted octanol–water partition coefficient (Wildman–Crippen LogP) is 3.22. The molecule has 1 unspecified atom stereocenters. The number of aryl methyl sites for hydroxylation is 1. The molecule has 196 valence electrons. The van der Waals surface area contributed by atoms with Crippen LogP contribution in [0.4, 0.5) is 26.3 Å². The van der Waals surface area contributed by atoms with E-state index in [0.717, 1.165) is 32.8 Å². The Labute approximate surface area is 195 Å². The zero-order valence-corrected chi connectivity index (χ0v) is 18.7. The molecule has 0 bridgehead atoms. The molecule has 0 saturated heterocycles. The summed E-state index contributed by atoms with van der Waals surface area (Å²) in [6, 6.07) is 4.11. The number of pyridine rings is 1. The first kappa shape index (κ1) is 29.8. The lowest BCUT2D eigenvalue weighted by Crippen LogP contribution is -2.34. The topological polar surface area (TPSA) is 118 Å². The molecule has 0 amide bonds. The van der Waals surface area contributed by atoms with Crippen molar-refractivity contribution in [3.63, 3.8) is 0 Å². The van der Waals surface area contributed by atoms with Gasteiger partial charge in [0, 0.05) is 63.4 Å². The lowest BCUT2D eigenvalue weighted by Gasteiger charge is -2.31. The molecule has 15 heteroatoms. The Morgan fingerprint density at radius 3 is 2.17 bits per heavy atom. The van der Waals surface area contributed by atoms with Gasteiger partial charge < -0.3 is 14.9 Å². The van der Waals surface area contributed by atoms with Crippen LogP contribution in [-0.2, 0) is 34.5 Å². The fraction of sp³-hybridized carbons (Fsp3) is 0.500. The van der Waals surface area contributed by atoms with Crippen molar-refractivity contribution in [1.29, 1.82) is 0 Å². The highest BCUT2D eigenvalue weighted by atomic mass is 19.4. The van der Waals surface area contributed by atoms with Gasteiger partial charge in [-0.05, 0) is 18.6 Å². The van der Waals surface area contributed by atoms with Gasteiger partial charge in [-0.15, -0.1) is 0 Å². The van der Waals surface area contributed by atoms with Crippen LogP contribution >= 0.6 is 0 Å². The quantitative estimate of drug-likeness (QED) is 0.585. The van der Waals surface area contributed by atoms with Crippen LogP contribution in [0.3, 0.4) is 0 Å². The highest BCUT2D eigenvalue weighted by Gasteiger charge is 2.38. The van der Waals surface area contributed by atoms with Crippen molar-refractivity contribution in [2.45, 2.75) is 38.3 Å². The van der Waals surface area contributed by atoms with Crippen molar-refractivity contribution in [2.24, 2.45) is 7.05 Å². The Balaban J connectivity index is 0.000000362. The number of rotatable bonds is 5. The van der Waals surface area contributed by atoms with Crippen LogP contribution in [0.1, 0.15) is 29.7 Å². The molecule has 0 spiro atoms. The van der Waals surface area contributed by atoms with E-state index in [-0.39, 0.29) is 0 Å². The Hall–Kier alpha value is -3.20. The summed E-state index contributed by atoms with van der Waals surface area (Å²) < 4.78 is 71.0. The second-order valence-corrected chi connectivity index (χ2v) is 7.20. The molecule has 0 aromatic carbocycles. The minimum Gasteiger partial charge on any atom is -0.475 e. The zero-order chi connectivity index (χ0) is 26.8. The van der Waals surface area contributed by atoms with Crippen molar-refractivity contribution in [3.8, 4) is 0 Å². The van der Waals surface area contributed by atoms with Gasteiger partial charge in [0.25, 0.3) is 0 Å². The third-order valence-electron chi connectivity index (χ3n) is 4.37. The summed E-state index contributed by atoms with van der Waals surface area (Å²) in [6.45, 7) is 6.38. The second-order valence-electron chi connectivity index (χ2n) is 7.20. The SMILES string of the molecule is CCOCC1CN(Cc2cccnc2)Cc2nn(C)cc21.O=C(O)C(F)(F)F.O=C(O)C(F)(F)F. The zero-order valence-electron chi connectivity index (χ0n) is 18.7. The molecular formula is C20H24F6N4O5. The van der Waals surface area contributed by atoms with Gasteiger partial charge in [0.15, 0.2) is 0 Å². The molecule has 1 atom stereocenters. The van der Waals surface area contributed by atoms with Crippen molar-refractivity contribution in [2.75, 3.05) is 19.8 Å². The monoisotopic (exact) mass is 514 g/mol. The van der Waals surface area contributed by atoms with Crippen LogP contribution < -0.4 is 0 Å². The normalized spacial score (nSPS) is 15.7. The largest absolute Gasteiger partial charge is 0.490 e. The Morgan fingerprint density at radius 1 is 1.14 bits per heavy atom. The molecule has 0 radical (unpaired) electrons. The standard InChI is InChI=1S/C16H22N4O.2C2HF3O2/c1-3-21-12-14-9-20(8-13-5-4-6-17-7-13)11-16-15(14)10-19(2)18-16;2*3-2(4,5)1(6)7/h4-7,10,14H,3,8-9,11-12H2,1-2H3;2*(H,6,7). The lowest BCUT2D eigenvalue weighted by atomic mass is 9.95. The molecular weight excluding hydrogens is 490 g/mol. The van der Waals surface area contributed by atoms with E-state index in [1.54, 1.807) is 0 Å². The van der Waals surface area contributed by atoms with E-state index in [0.29, 0.717) is 5.92 Å². The molecule has 2 N–H and O–H groups in total. The number of aromatic nitrogens is 3. The average Bonchev–Trinajstić information content (AvgIpc) is 3.12. The number of aliphatic carboxylic acids is 2. The number of hydrogen-bond acceptors (Lipinski definition) is 6. The van der Waals surface area contributed by atoms with Crippen LogP contribution in [0.5, 0.6) is 0 Å². The van der Waals surface area contributed by atoms with Gasteiger partial charge in [-0.2, -0.15) is 31.4 Å². The fourth-order valence-corrected chi connectivity index (χ4v) is 2.98. The number of carboxylic acids is 2. The summed E-state index contributed by atoms with van der Waals surface area (Å²) in [6.07, 6.45) is -4.28. The second kappa shape index (κ2) is 13.0. The summed E-state index contributed by atoms with van der Waals surface area (Å²) in [5.74, 6) is -5.11. The van der Waals surface area contributed by atoms with E-state index in [9.17, 15) is 26.3 Å². The summed E-state index contributed by atoms with van der Waals surface area (Å²) >= 11 is 0. The molecule has 0 saturated carbocycles. The minimum absolute atomic E-state index is 0.402. The molecule has 2 aromatic heterocycles.